The standard InChI is InChI=1S/C32H29N3O.C2H6/c1-4-13-27(23-33(2)3)34(24-14-7-5-8-15-24)26-20-21-31-29(22-26)32(36)28-18-11-12-19-30(28)35(31)25-16-9-6-10-17-25;1-2/h4-23H,1-3H3;1-2H3/b13-4-,27-23+;. The monoisotopic (exact) mass is 501 g/mol. The number of fused-ring (bicyclic) bond motifs is 2. The van der Waals surface area contributed by atoms with Crippen molar-refractivity contribution in [1.29, 1.82) is 0 Å². The Kier molecular flexibility index (Phi) is 8.44. The fraction of sp³-hybridized carbons (Fsp3) is 0.147. The first-order valence-corrected chi connectivity index (χ1v) is 13.1. The Bertz CT molecular complexity index is 1630. The molecule has 4 nitrogen and oxygen atoms in total. The van der Waals surface area contributed by atoms with E-state index in [-0.39, 0.29) is 5.43 Å². The van der Waals surface area contributed by atoms with E-state index >= 15 is 0 Å². The summed E-state index contributed by atoms with van der Waals surface area (Å²) >= 11 is 0. The summed E-state index contributed by atoms with van der Waals surface area (Å²) in [4.78, 5) is 18.0. The van der Waals surface area contributed by atoms with E-state index in [0.717, 1.165) is 33.8 Å². The number of benzene rings is 4. The van der Waals surface area contributed by atoms with Crippen LogP contribution in [0.25, 0.3) is 27.5 Å². The number of allylic oxidation sites excluding steroid dienone is 2. The zero-order valence-corrected chi connectivity index (χ0v) is 22.8. The van der Waals surface area contributed by atoms with Crippen LogP contribution in [0.5, 0.6) is 0 Å². The zero-order valence-electron chi connectivity index (χ0n) is 22.8. The predicted molar refractivity (Wildman–Crippen MR) is 164 cm³/mol. The van der Waals surface area contributed by atoms with Crippen LogP contribution in [0.2, 0.25) is 0 Å². The Labute approximate surface area is 225 Å². The molecule has 0 bridgehead atoms. The number of nitrogens with zero attached hydrogens (tertiary/aromatic N) is 3. The van der Waals surface area contributed by atoms with Gasteiger partial charge in [0.15, 0.2) is 5.43 Å². The molecule has 0 unspecified atom stereocenters. The highest BCUT2D eigenvalue weighted by Crippen LogP contribution is 2.33. The maximum absolute atomic E-state index is 13.8. The van der Waals surface area contributed by atoms with E-state index in [9.17, 15) is 4.79 Å². The summed E-state index contributed by atoms with van der Waals surface area (Å²) in [6.45, 7) is 6.01. The van der Waals surface area contributed by atoms with E-state index in [0.29, 0.717) is 10.8 Å². The second-order valence-corrected chi connectivity index (χ2v) is 8.91. The molecule has 1 heterocycles. The summed E-state index contributed by atoms with van der Waals surface area (Å²) in [5.41, 5.74) is 5.78. The molecule has 1 aromatic heterocycles. The van der Waals surface area contributed by atoms with Gasteiger partial charge in [0.25, 0.3) is 0 Å². The smallest absolute Gasteiger partial charge is 0.197 e. The van der Waals surface area contributed by atoms with Crippen molar-refractivity contribution < 1.29 is 0 Å². The molecule has 0 radical (unpaired) electrons. The summed E-state index contributed by atoms with van der Waals surface area (Å²) in [6.07, 6.45) is 6.20. The molecule has 0 spiro atoms. The minimum atomic E-state index is 0.0341. The minimum Gasteiger partial charge on any atom is -0.382 e. The molecular weight excluding hydrogens is 466 g/mol. The van der Waals surface area contributed by atoms with E-state index < -0.39 is 0 Å². The number of hydrogen-bond donors (Lipinski definition) is 0. The summed E-state index contributed by atoms with van der Waals surface area (Å²) in [5.74, 6) is 0. The topological polar surface area (TPSA) is 28.5 Å². The van der Waals surface area contributed by atoms with E-state index in [1.165, 1.54) is 0 Å². The molecule has 5 aromatic rings. The average molecular weight is 502 g/mol. The Balaban J connectivity index is 0.00000164. The molecule has 0 amide bonds. The fourth-order valence-electron chi connectivity index (χ4n) is 4.67. The van der Waals surface area contributed by atoms with Gasteiger partial charge in [-0.3, -0.25) is 4.79 Å². The highest BCUT2D eigenvalue weighted by atomic mass is 16.1. The SMILES string of the molecule is C/C=C\C(=C/N(C)C)N(c1ccccc1)c1ccc2c(c1)c(=O)c1ccccc1n2-c1ccccc1.CC. The van der Waals surface area contributed by atoms with Crippen molar-refractivity contribution in [3.63, 3.8) is 0 Å². The molecule has 192 valence electrons. The lowest BCUT2D eigenvalue weighted by atomic mass is 10.1. The third-order valence-corrected chi connectivity index (χ3v) is 6.13. The molecule has 38 heavy (non-hydrogen) atoms. The van der Waals surface area contributed by atoms with Crippen LogP contribution in [0, 0.1) is 0 Å². The Morgan fingerprint density at radius 2 is 1.32 bits per heavy atom. The van der Waals surface area contributed by atoms with Gasteiger partial charge in [-0.2, -0.15) is 0 Å². The molecule has 0 aliphatic rings. The lowest BCUT2D eigenvalue weighted by Gasteiger charge is -2.28. The van der Waals surface area contributed by atoms with Gasteiger partial charge in [0, 0.05) is 48.1 Å². The molecule has 5 rings (SSSR count). The van der Waals surface area contributed by atoms with Crippen LogP contribution in [-0.2, 0) is 0 Å². The molecule has 0 saturated carbocycles. The van der Waals surface area contributed by atoms with Crippen molar-refractivity contribution in [2.45, 2.75) is 20.8 Å². The first-order chi connectivity index (χ1) is 18.6. The molecule has 0 fully saturated rings. The van der Waals surface area contributed by atoms with Crippen LogP contribution in [0.3, 0.4) is 0 Å². The first kappa shape index (κ1) is 26.5. The van der Waals surface area contributed by atoms with Crippen molar-refractivity contribution >= 4 is 33.2 Å². The van der Waals surface area contributed by atoms with Crippen LogP contribution < -0.4 is 10.3 Å². The van der Waals surface area contributed by atoms with Gasteiger partial charge in [-0.15, -0.1) is 0 Å². The zero-order chi connectivity index (χ0) is 27.1. The van der Waals surface area contributed by atoms with Crippen molar-refractivity contribution in [2.24, 2.45) is 0 Å². The van der Waals surface area contributed by atoms with E-state index in [1.54, 1.807) is 0 Å². The maximum atomic E-state index is 13.8. The summed E-state index contributed by atoms with van der Waals surface area (Å²) in [7, 11) is 4.02. The highest BCUT2D eigenvalue weighted by Gasteiger charge is 2.17. The van der Waals surface area contributed by atoms with Crippen LogP contribution >= 0.6 is 0 Å². The van der Waals surface area contributed by atoms with Crippen molar-refractivity contribution in [1.82, 2.24) is 9.47 Å². The number of pyridine rings is 1. The summed E-state index contributed by atoms with van der Waals surface area (Å²) < 4.78 is 2.17. The summed E-state index contributed by atoms with van der Waals surface area (Å²) in [5, 5.41) is 1.38. The molecule has 0 N–H and O–H groups in total. The quantitative estimate of drug-likeness (QED) is 0.173. The third kappa shape index (κ3) is 5.25. The lowest BCUT2D eigenvalue weighted by molar-refractivity contribution is 0.558. The number of hydrogen-bond acceptors (Lipinski definition) is 3. The van der Waals surface area contributed by atoms with Crippen LogP contribution in [0.4, 0.5) is 11.4 Å². The van der Waals surface area contributed by atoms with Crippen LogP contribution in [0.1, 0.15) is 20.8 Å². The number of para-hydroxylation sites is 3. The van der Waals surface area contributed by atoms with Gasteiger partial charge in [-0.1, -0.05) is 68.5 Å². The number of aromatic nitrogens is 1. The van der Waals surface area contributed by atoms with Gasteiger partial charge in [0.2, 0.25) is 0 Å². The average Bonchev–Trinajstić information content (AvgIpc) is 2.96. The highest BCUT2D eigenvalue weighted by molar-refractivity contribution is 5.97. The Morgan fingerprint density at radius 1 is 0.711 bits per heavy atom. The van der Waals surface area contributed by atoms with Crippen molar-refractivity contribution in [3.05, 3.63) is 137 Å². The van der Waals surface area contributed by atoms with E-state index in [1.807, 2.05) is 113 Å². The normalized spacial score (nSPS) is 11.4. The van der Waals surface area contributed by atoms with Crippen molar-refractivity contribution in [2.75, 3.05) is 19.0 Å². The molecule has 4 aromatic carbocycles. The fourth-order valence-corrected chi connectivity index (χ4v) is 4.67. The second-order valence-electron chi connectivity index (χ2n) is 8.91. The van der Waals surface area contributed by atoms with Crippen LogP contribution in [0.15, 0.2) is 132 Å². The second kappa shape index (κ2) is 12.1. The Morgan fingerprint density at radius 3 is 1.97 bits per heavy atom. The molecule has 0 aliphatic heterocycles. The Hall–Kier alpha value is -4.57. The molecule has 0 aliphatic carbocycles. The first-order valence-electron chi connectivity index (χ1n) is 13.1. The number of rotatable bonds is 6. The van der Waals surface area contributed by atoms with E-state index in [2.05, 4.69) is 58.1 Å². The van der Waals surface area contributed by atoms with Gasteiger partial charge < -0.3 is 14.4 Å². The lowest BCUT2D eigenvalue weighted by Crippen LogP contribution is -2.19. The number of anilines is 2. The molecule has 0 saturated heterocycles. The molecule has 4 heteroatoms. The molecule has 0 atom stereocenters. The van der Waals surface area contributed by atoms with E-state index in [4.69, 9.17) is 0 Å². The van der Waals surface area contributed by atoms with Gasteiger partial charge in [-0.05, 0) is 67.6 Å². The van der Waals surface area contributed by atoms with Gasteiger partial charge in [-0.25, -0.2) is 0 Å². The third-order valence-electron chi connectivity index (χ3n) is 6.13. The largest absolute Gasteiger partial charge is 0.382 e. The van der Waals surface area contributed by atoms with Gasteiger partial charge >= 0.3 is 0 Å². The maximum Gasteiger partial charge on any atom is 0.197 e. The van der Waals surface area contributed by atoms with Gasteiger partial charge in [0.05, 0.1) is 16.7 Å². The van der Waals surface area contributed by atoms with Crippen molar-refractivity contribution in [3.8, 4) is 5.69 Å². The minimum absolute atomic E-state index is 0.0341. The predicted octanol–water partition coefficient (Wildman–Crippen LogP) is 8.29. The molecular formula is C34H35N3O. The van der Waals surface area contributed by atoms with Gasteiger partial charge in [0.1, 0.15) is 0 Å². The van der Waals surface area contributed by atoms with Crippen LogP contribution in [-0.4, -0.2) is 23.6 Å². The summed E-state index contributed by atoms with van der Waals surface area (Å²) in [6, 6.07) is 34.4.